The molecule has 4 nitrogen and oxygen atoms in total. The molecule has 1 aromatic carbocycles. The Kier molecular flexibility index (Phi) is 7.14. The molecule has 0 radical (unpaired) electrons. The molecule has 1 N–H and O–H groups in total. The van der Waals surface area contributed by atoms with E-state index in [9.17, 15) is 9.90 Å². The van der Waals surface area contributed by atoms with E-state index in [0.29, 0.717) is 18.2 Å². The Hall–Kier alpha value is -1.99. The fourth-order valence-electron chi connectivity index (χ4n) is 3.20. The third-order valence-electron chi connectivity index (χ3n) is 4.35. The summed E-state index contributed by atoms with van der Waals surface area (Å²) in [6, 6.07) is 5.43. The van der Waals surface area contributed by atoms with Crippen molar-refractivity contribution in [2.24, 2.45) is 0 Å². The minimum Gasteiger partial charge on any atom is -0.508 e. The average Bonchev–Trinajstić information content (AvgIpc) is 2.55. The first kappa shape index (κ1) is 18.4. The Balaban J connectivity index is 1.97. The van der Waals surface area contributed by atoms with Crippen molar-refractivity contribution in [3.8, 4) is 17.6 Å². The van der Waals surface area contributed by atoms with Crippen molar-refractivity contribution in [2.75, 3.05) is 27.2 Å². The molecule has 1 aliphatic rings. The van der Waals surface area contributed by atoms with Crippen molar-refractivity contribution >= 4 is 5.97 Å². The Labute approximate surface area is 144 Å². The number of carbonyl (C=O) groups is 1. The van der Waals surface area contributed by atoms with Crippen molar-refractivity contribution in [3.63, 3.8) is 0 Å². The summed E-state index contributed by atoms with van der Waals surface area (Å²) in [5.74, 6) is 6.13. The summed E-state index contributed by atoms with van der Waals surface area (Å²) < 4.78 is 5.20. The van der Waals surface area contributed by atoms with Gasteiger partial charge in [0.05, 0.1) is 13.0 Å². The molecule has 24 heavy (non-hydrogen) atoms. The molecule has 4 heteroatoms. The number of phenols is 1. The second kappa shape index (κ2) is 9.34. The van der Waals surface area contributed by atoms with Gasteiger partial charge in [0.15, 0.2) is 6.61 Å². The molecule has 0 saturated heterocycles. The van der Waals surface area contributed by atoms with Crippen molar-refractivity contribution in [1.82, 2.24) is 4.90 Å². The van der Waals surface area contributed by atoms with Crippen LogP contribution in [-0.4, -0.2) is 43.2 Å². The van der Waals surface area contributed by atoms with E-state index in [-0.39, 0.29) is 19.0 Å². The maximum Gasteiger partial charge on any atom is 0.311 e. The van der Waals surface area contributed by atoms with Gasteiger partial charge in [0.2, 0.25) is 0 Å². The molecule has 0 aromatic heterocycles. The van der Waals surface area contributed by atoms with Gasteiger partial charge in [-0.25, -0.2) is 0 Å². The van der Waals surface area contributed by atoms with E-state index in [0.717, 1.165) is 24.0 Å². The number of ether oxygens (including phenoxy) is 1. The van der Waals surface area contributed by atoms with Crippen molar-refractivity contribution < 1.29 is 14.6 Å². The van der Waals surface area contributed by atoms with Crippen molar-refractivity contribution in [1.29, 1.82) is 0 Å². The molecule has 2 rings (SSSR count). The number of phenolic OH excluding ortho intramolecular Hbond substituents is 1. The highest BCUT2D eigenvalue weighted by atomic mass is 16.5. The third-order valence-corrected chi connectivity index (χ3v) is 4.35. The summed E-state index contributed by atoms with van der Waals surface area (Å²) in [7, 11) is 3.88. The van der Waals surface area contributed by atoms with E-state index < -0.39 is 0 Å². The Morgan fingerprint density at radius 3 is 2.71 bits per heavy atom. The van der Waals surface area contributed by atoms with E-state index in [1.807, 2.05) is 25.1 Å². The van der Waals surface area contributed by atoms with Gasteiger partial charge < -0.3 is 9.84 Å². The third kappa shape index (κ3) is 5.58. The molecule has 0 bridgehead atoms. The number of rotatable bonds is 5. The molecule has 1 aromatic rings. The molecule has 1 saturated carbocycles. The van der Waals surface area contributed by atoms with E-state index >= 15 is 0 Å². The van der Waals surface area contributed by atoms with Crippen LogP contribution in [0.15, 0.2) is 18.2 Å². The predicted molar refractivity (Wildman–Crippen MR) is 94.9 cm³/mol. The molecular weight excluding hydrogens is 302 g/mol. The van der Waals surface area contributed by atoms with Crippen molar-refractivity contribution in [2.45, 2.75) is 44.4 Å². The lowest BCUT2D eigenvalue weighted by molar-refractivity contribution is -0.141. The van der Waals surface area contributed by atoms with Gasteiger partial charge in [0.1, 0.15) is 5.75 Å². The lowest BCUT2D eigenvalue weighted by Crippen LogP contribution is -2.13. The van der Waals surface area contributed by atoms with Crippen LogP contribution < -0.4 is 0 Å². The topological polar surface area (TPSA) is 49.8 Å². The smallest absolute Gasteiger partial charge is 0.311 e. The van der Waals surface area contributed by atoms with Gasteiger partial charge in [-0.05, 0) is 44.5 Å². The summed E-state index contributed by atoms with van der Waals surface area (Å²) in [6.07, 6.45) is 5.97. The number of hydrogen-bond donors (Lipinski definition) is 1. The number of carbonyl (C=O) groups excluding carboxylic acids is 1. The van der Waals surface area contributed by atoms with Gasteiger partial charge >= 0.3 is 5.97 Å². The van der Waals surface area contributed by atoms with Crippen LogP contribution >= 0.6 is 0 Å². The second-order valence-electron chi connectivity index (χ2n) is 6.61. The first-order valence-electron chi connectivity index (χ1n) is 8.64. The molecule has 0 amide bonds. The SMILES string of the molecule is CN(C)CC#CCOC(=O)Cc1cccc(O)c1C1CCCCC1. The molecular formula is C20H27NO3. The highest BCUT2D eigenvalue weighted by molar-refractivity contribution is 5.73. The minimum absolute atomic E-state index is 0.115. The molecule has 1 fully saturated rings. The zero-order valence-electron chi connectivity index (χ0n) is 14.7. The highest BCUT2D eigenvalue weighted by Gasteiger charge is 2.22. The molecule has 0 spiro atoms. The summed E-state index contributed by atoms with van der Waals surface area (Å²) in [5.41, 5.74) is 1.82. The zero-order chi connectivity index (χ0) is 17.4. The van der Waals surface area contributed by atoms with Gasteiger partial charge in [0.25, 0.3) is 0 Å². The van der Waals surface area contributed by atoms with Gasteiger partial charge in [-0.2, -0.15) is 0 Å². The van der Waals surface area contributed by atoms with Crippen LogP contribution in [0.4, 0.5) is 0 Å². The molecule has 0 aliphatic heterocycles. The molecule has 0 heterocycles. The van der Waals surface area contributed by atoms with Crippen LogP contribution in [-0.2, 0) is 16.0 Å². The first-order valence-corrected chi connectivity index (χ1v) is 8.64. The van der Waals surface area contributed by atoms with Crippen molar-refractivity contribution in [3.05, 3.63) is 29.3 Å². The molecule has 1 aliphatic carbocycles. The lowest BCUT2D eigenvalue weighted by atomic mass is 9.81. The maximum absolute atomic E-state index is 12.1. The number of nitrogens with zero attached hydrogens (tertiary/aromatic N) is 1. The summed E-state index contributed by atoms with van der Waals surface area (Å²) in [6.45, 7) is 0.764. The number of hydrogen-bond acceptors (Lipinski definition) is 4. The summed E-state index contributed by atoms with van der Waals surface area (Å²) in [4.78, 5) is 14.0. The van der Waals surface area contributed by atoms with E-state index in [4.69, 9.17) is 4.74 Å². The molecule has 130 valence electrons. The largest absolute Gasteiger partial charge is 0.508 e. The summed E-state index contributed by atoms with van der Waals surface area (Å²) in [5, 5.41) is 10.3. The first-order chi connectivity index (χ1) is 11.6. The highest BCUT2D eigenvalue weighted by Crippen LogP contribution is 2.39. The average molecular weight is 329 g/mol. The number of esters is 1. The van der Waals surface area contributed by atoms with Gasteiger partial charge in [-0.15, -0.1) is 0 Å². The van der Waals surface area contributed by atoms with E-state index in [2.05, 4.69) is 11.8 Å². The maximum atomic E-state index is 12.1. The quantitative estimate of drug-likeness (QED) is 0.666. The number of benzene rings is 1. The Morgan fingerprint density at radius 1 is 1.25 bits per heavy atom. The van der Waals surface area contributed by atoms with Crippen LogP contribution in [0.2, 0.25) is 0 Å². The fraction of sp³-hybridized carbons (Fsp3) is 0.550. The summed E-state index contributed by atoms with van der Waals surface area (Å²) >= 11 is 0. The monoisotopic (exact) mass is 329 g/mol. The van der Waals surface area contributed by atoms with Gasteiger partial charge in [-0.3, -0.25) is 9.69 Å². The molecule has 0 unspecified atom stereocenters. The van der Waals surface area contributed by atoms with E-state index in [1.54, 1.807) is 12.1 Å². The number of aromatic hydroxyl groups is 1. The lowest BCUT2D eigenvalue weighted by Gasteiger charge is -2.25. The van der Waals surface area contributed by atoms with Crippen LogP contribution in [0, 0.1) is 11.8 Å². The Morgan fingerprint density at radius 2 is 2.00 bits per heavy atom. The normalized spacial score (nSPS) is 15.0. The van der Waals surface area contributed by atoms with Gasteiger partial charge in [0, 0.05) is 5.56 Å². The van der Waals surface area contributed by atoms with Crippen LogP contribution in [0.3, 0.4) is 0 Å². The predicted octanol–water partition coefficient (Wildman–Crippen LogP) is 3.09. The van der Waals surface area contributed by atoms with E-state index in [1.165, 1.54) is 19.3 Å². The zero-order valence-corrected chi connectivity index (χ0v) is 14.7. The van der Waals surface area contributed by atoms with Crippen LogP contribution in [0.5, 0.6) is 5.75 Å². The molecule has 0 atom stereocenters. The van der Waals surface area contributed by atoms with Crippen LogP contribution in [0.1, 0.15) is 49.1 Å². The fourth-order valence-corrected chi connectivity index (χ4v) is 3.20. The second-order valence-corrected chi connectivity index (χ2v) is 6.61. The Bertz CT molecular complexity index is 607. The van der Waals surface area contributed by atoms with Gasteiger partial charge in [-0.1, -0.05) is 43.2 Å². The minimum atomic E-state index is -0.295. The van der Waals surface area contributed by atoms with Crippen LogP contribution in [0.25, 0.3) is 0 Å². The standard InChI is InChI=1S/C20H27NO3/c1-21(2)13-6-7-14-24-19(23)15-17-11-8-12-18(22)20(17)16-9-4-3-5-10-16/h8,11-12,16,22H,3-5,9-10,13-15H2,1-2H3.